The molecule has 2 N–H and O–H groups in total. The predicted molar refractivity (Wildman–Crippen MR) is 114 cm³/mol. The van der Waals surface area contributed by atoms with Gasteiger partial charge >= 0.3 is 0 Å². The number of phenols is 1. The Morgan fingerprint density at radius 2 is 2.00 bits per heavy atom. The molecule has 1 aliphatic rings. The van der Waals surface area contributed by atoms with Crippen LogP contribution in [0.4, 0.5) is 10.2 Å². The lowest BCUT2D eigenvalue weighted by Gasteiger charge is -2.26. The summed E-state index contributed by atoms with van der Waals surface area (Å²) in [4.78, 5) is 11.0. The Balaban J connectivity index is 1.55. The standard InChI is InChI=1S/C23H22FN5O2/c24-16-3-4-21(31)17(13-16)19-2-1-10-28(19)23-6-5-22-26-14-20(29(22)27-23)18-12-15(8-11-30)7-9-25-18/h3-7,9,12-14,19,30-31H,1-2,8,10-11H2/t19-/m1/s1. The number of benzene rings is 1. The molecule has 1 saturated heterocycles. The number of hydrogen-bond donors (Lipinski definition) is 2. The van der Waals surface area contributed by atoms with Crippen LogP contribution in [0.1, 0.15) is 30.0 Å². The van der Waals surface area contributed by atoms with Crippen molar-refractivity contribution in [2.45, 2.75) is 25.3 Å². The fourth-order valence-electron chi connectivity index (χ4n) is 4.25. The Labute approximate surface area is 178 Å². The Kier molecular flexibility index (Phi) is 4.99. The van der Waals surface area contributed by atoms with Gasteiger partial charge in [-0.25, -0.2) is 13.9 Å². The van der Waals surface area contributed by atoms with Gasteiger partial charge < -0.3 is 15.1 Å². The van der Waals surface area contributed by atoms with Gasteiger partial charge in [-0.1, -0.05) is 0 Å². The van der Waals surface area contributed by atoms with Crippen molar-refractivity contribution in [2.24, 2.45) is 0 Å². The second kappa shape index (κ2) is 7.96. The number of halogens is 1. The molecule has 1 fully saturated rings. The number of aromatic hydroxyl groups is 1. The predicted octanol–water partition coefficient (Wildman–Crippen LogP) is 3.51. The van der Waals surface area contributed by atoms with Crippen molar-refractivity contribution in [2.75, 3.05) is 18.1 Å². The fraction of sp³-hybridized carbons (Fsp3) is 0.261. The first-order chi connectivity index (χ1) is 15.1. The van der Waals surface area contributed by atoms with Crippen molar-refractivity contribution in [3.8, 4) is 17.1 Å². The first-order valence-corrected chi connectivity index (χ1v) is 10.3. The van der Waals surface area contributed by atoms with E-state index < -0.39 is 0 Å². The van der Waals surface area contributed by atoms with Crippen LogP contribution in [0.2, 0.25) is 0 Å². The average molecular weight is 419 g/mol. The van der Waals surface area contributed by atoms with Crippen LogP contribution in [0.25, 0.3) is 17.0 Å². The second-order valence-electron chi connectivity index (χ2n) is 7.68. The van der Waals surface area contributed by atoms with Gasteiger partial charge in [0.15, 0.2) is 5.65 Å². The molecule has 31 heavy (non-hydrogen) atoms. The first kappa shape index (κ1) is 19.4. The molecule has 158 valence electrons. The van der Waals surface area contributed by atoms with Gasteiger partial charge in [-0.15, -0.1) is 5.10 Å². The molecular weight excluding hydrogens is 397 g/mol. The van der Waals surface area contributed by atoms with E-state index in [0.717, 1.165) is 42.2 Å². The van der Waals surface area contributed by atoms with Crippen LogP contribution in [0.15, 0.2) is 54.9 Å². The SMILES string of the molecule is OCCc1ccnc(-c2cnc3ccc(N4CCC[C@@H]4c4cc(F)ccc4O)nn23)c1. The zero-order chi connectivity index (χ0) is 21.4. The highest BCUT2D eigenvalue weighted by Crippen LogP contribution is 2.39. The van der Waals surface area contributed by atoms with E-state index in [2.05, 4.69) is 14.9 Å². The minimum Gasteiger partial charge on any atom is -0.508 e. The summed E-state index contributed by atoms with van der Waals surface area (Å²) < 4.78 is 15.6. The molecule has 0 spiro atoms. The van der Waals surface area contributed by atoms with Gasteiger partial charge in [-0.2, -0.15) is 0 Å². The Bertz CT molecular complexity index is 1240. The number of anilines is 1. The summed E-state index contributed by atoms with van der Waals surface area (Å²) in [5.74, 6) is 0.450. The van der Waals surface area contributed by atoms with E-state index in [-0.39, 0.29) is 24.2 Å². The molecule has 5 rings (SSSR count). The highest BCUT2D eigenvalue weighted by molar-refractivity contribution is 5.61. The van der Waals surface area contributed by atoms with Gasteiger partial charge in [0.05, 0.1) is 17.9 Å². The molecule has 0 saturated carbocycles. The summed E-state index contributed by atoms with van der Waals surface area (Å²) in [5.41, 5.74) is 3.73. The minimum absolute atomic E-state index is 0.0717. The zero-order valence-electron chi connectivity index (χ0n) is 16.8. The van der Waals surface area contributed by atoms with Gasteiger partial charge in [-0.05, 0) is 67.3 Å². The summed E-state index contributed by atoms with van der Waals surface area (Å²) in [6.45, 7) is 0.829. The monoisotopic (exact) mass is 419 g/mol. The minimum atomic E-state index is -0.367. The molecule has 4 aromatic rings. The number of phenolic OH excluding ortho intramolecular Hbond substituents is 1. The molecule has 1 aromatic carbocycles. The largest absolute Gasteiger partial charge is 0.508 e. The molecular formula is C23H22FN5O2. The third-order valence-electron chi connectivity index (χ3n) is 5.73. The van der Waals surface area contributed by atoms with E-state index in [9.17, 15) is 14.6 Å². The smallest absolute Gasteiger partial charge is 0.154 e. The lowest BCUT2D eigenvalue weighted by atomic mass is 10.0. The molecule has 0 radical (unpaired) electrons. The lowest BCUT2D eigenvalue weighted by Crippen LogP contribution is -2.24. The van der Waals surface area contributed by atoms with Crippen LogP contribution in [0.3, 0.4) is 0 Å². The molecule has 8 heteroatoms. The Morgan fingerprint density at radius 3 is 2.87 bits per heavy atom. The number of imidazole rings is 1. The van der Waals surface area contributed by atoms with E-state index >= 15 is 0 Å². The summed E-state index contributed by atoms with van der Waals surface area (Å²) in [7, 11) is 0. The van der Waals surface area contributed by atoms with Crippen LogP contribution >= 0.6 is 0 Å². The number of fused-ring (bicyclic) bond motifs is 1. The van der Waals surface area contributed by atoms with E-state index in [1.165, 1.54) is 18.2 Å². The summed E-state index contributed by atoms with van der Waals surface area (Å²) >= 11 is 0. The molecule has 7 nitrogen and oxygen atoms in total. The first-order valence-electron chi connectivity index (χ1n) is 10.3. The third kappa shape index (κ3) is 3.59. The lowest BCUT2D eigenvalue weighted by molar-refractivity contribution is 0.299. The number of rotatable bonds is 5. The maximum Gasteiger partial charge on any atom is 0.154 e. The molecule has 0 unspecified atom stereocenters. The third-order valence-corrected chi connectivity index (χ3v) is 5.73. The van der Waals surface area contributed by atoms with E-state index in [4.69, 9.17) is 5.10 Å². The van der Waals surface area contributed by atoms with Crippen molar-refractivity contribution >= 4 is 11.5 Å². The number of pyridine rings is 1. The van der Waals surface area contributed by atoms with Crippen LogP contribution in [-0.2, 0) is 6.42 Å². The number of hydrogen-bond acceptors (Lipinski definition) is 6. The normalized spacial score (nSPS) is 16.3. The summed E-state index contributed by atoms with van der Waals surface area (Å²) in [5, 5.41) is 24.3. The van der Waals surface area contributed by atoms with Crippen molar-refractivity contribution in [3.05, 3.63) is 71.8 Å². The van der Waals surface area contributed by atoms with E-state index in [0.29, 0.717) is 17.6 Å². The molecule has 3 aromatic heterocycles. The van der Waals surface area contributed by atoms with Gasteiger partial charge in [0.25, 0.3) is 0 Å². The number of aliphatic hydroxyl groups excluding tert-OH is 1. The number of aromatic nitrogens is 4. The van der Waals surface area contributed by atoms with E-state index in [1.54, 1.807) is 16.9 Å². The summed E-state index contributed by atoms with van der Waals surface area (Å²) in [6, 6.07) is 11.5. The van der Waals surface area contributed by atoms with Crippen molar-refractivity contribution in [1.29, 1.82) is 0 Å². The molecule has 1 aliphatic heterocycles. The highest BCUT2D eigenvalue weighted by atomic mass is 19.1. The number of aliphatic hydroxyl groups is 1. The van der Waals surface area contributed by atoms with Gasteiger partial charge in [0.1, 0.15) is 23.1 Å². The molecule has 0 amide bonds. The maximum atomic E-state index is 13.8. The van der Waals surface area contributed by atoms with E-state index in [1.807, 2.05) is 24.3 Å². The Morgan fingerprint density at radius 1 is 1.10 bits per heavy atom. The van der Waals surface area contributed by atoms with Gasteiger partial charge in [0.2, 0.25) is 0 Å². The quantitative estimate of drug-likeness (QED) is 0.515. The van der Waals surface area contributed by atoms with Gasteiger partial charge in [0, 0.05) is 24.9 Å². The zero-order valence-corrected chi connectivity index (χ0v) is 16.8. The van der Waals surface area contributed by atoms with Crippen molar-refractivity contribution < 1.29 is 14.6 Å². The van der Waals surface area contributed by atoms with Crippen LogP contribution in [-0.4, -0.2) is 42.9 Å². The maximum absolute atomic E-state index is 13.8. The molecule has 0 bridgehead atoms. The van der Waals surface area contributed by atoms with Gasteiger partial charge in [-0.3, -0.25) is 4.98 Å². The van der Waals surface area contributed by atoms with Crippen LogP contribution in [0, 0.1) is 5.82 Å². The van der Waals surface area contributed by atoms with Crippen LogP contribution in [0.5, 0.6) is 5.75 Å². The summed E-state index contributed by atoms with van der Waals surface area (Å²) in [6.07, 6.45) is 5.72. The fourth-order valence-corrected chi connectivity index (χ4v) is 4.25. The van der Waals surface area contributed by atoms with Crippen molar-refractivity contribution in [3.63, 3.8) is 0 Å². The van der Waals surface area contributed by atoms with Crippen LogP contribution < -0.4 is 4.90 Å². The Hall–Kier alpha value is -3.52. The van der Waals surface area contributed by atoms with Crippen molar-refractivity contribution in [1.82, 2.24) is 19.6 Å². The highest BCUT2D eigenvalue weighted by Gasteiger charge is 2.30. The second-order valence-corrected chi connectivity index (χ2v) is 7.68. The average Bonchev–Trinajstić information content (AvgIpc) is 3.42. The molecule has 1 atom stereocenters. The molecule has 0 aliphatic carbocycles. The molecule has 4 heterocycles. The number of nitrogens with zero attached hydrogens (tertiary/aromatic N) is 5. The topological polar surface area (TPSA) is 86.8 Å².